The second-order valence-electron chi connectivity index (χ2n) is 4.52. The van der Waals surface area contributed by atoms with Crippen molar-refractivity contribution in [1.82, 2.24) is 0 Å². The first kappa shape index (κ1) is 9.51. The minimum atomic E-state index is 0.632. The fourth-order valence-corrected chi connectivity index (χ4v) is 2.56. The number of rotatable bonds is 3. The molecule has 0 nitrogen and oxygen atoms in total. The van der Waals surface area contributed by atoms with E-state index in [1.54, 1.807) is 0 Å². The van der Waals surface area contributed by atoms with Gasteiger partial charge in [0.1, 0.15) is 0 Å². The van der Waals surface area contributed by atoms with Crippen molar-refractivity contribution >= 4 is 0 Å². The molecular formula is C14H18. The highest BCUT2D eigenvalue weighted by atomic mass is 14.3. The summed E-state index contributed by atoms with van der Waals surface area (Å²) in [5, 5.41) is 0. The average Bonchev–Trinajstić information content (AvgIpc) is 2.75. The third-order valence-electron chi connectivity index (χ3n) is 3.21. The zero-order valence-corrected chi connectivity index (χ0v) is 8.93. The van der Waals surface area contributed by atoms with Crippen LogP contribution in [0.5, 0.6) is 0 Å². The van der Waals surface area contributed by atoms with Gasteiger partial charge in [-0.1, -0.05) is 62.5 Å². The summed E-state index contributed by atoms with van der Waals surface area (Å²) in [6.07, 6.45) is 18.0. The molecule has 0 N–H and O–H groups in total. The van der Waals surface area contributed by atoms with Crippen molar-refractivity contribution in [3.8, 4) is 0 Å². The Balaban J connectivity index is 2.15. The highest BCUT2D eigenvalue weighted by Gasteiger charge is 2.27. The zero-order valence-electron chi connectivity index (χ0n) is 8.93. The van der Waals surface area contributed by atoms with E-state index in [1.807, 2.05) is 0 Å². The van der Waals surface area contributed by atoms with Gasteiger partial charge in [0.2, 0.25) is 0 Å². The standard InChI is InChI=1S/C14H18/c1-11(2)14(12-7-3-4-8-12)13-9-5-6-10-13/h3-14H,1-2H3. The van der Waals surface area contributed by atoms with E-state index in [9.17, 15) is 0 Å². The molecule has 0 radical (unpaired) electrons. The van der Waals surface area contributed by atoms with Crippen molar-refractivity contribution in [2.45, 2.75) is 13.8 Å². The molecule has 0 atom stereocenters. The summed E-state index contributed by atoms with van der Waals surface area (Å²) in [4.78, 5) is 0. The van der Waals surface area contributed by atoms with E-state index in [2.05, 4.69) is 62.5 Å². The Hall–Kier alpha value is -1.04. The molecule has 0 aliphatic heterocycles. The summed E-state index contributed by atoms with van der Waals surface area (Å²) < 4.78 is 0. The lowest BCUT2D eigenvalue weighted by Gasteiger charge is -2.29. The summed E-state index contributed by atoms with van der Waals surface area (Å²) in [6.45, 7) is 4.65. The molecule has 0 unspecified atom stereocenters. The van der Waals surface area contributed by atoms with Crippen molar-refractivity contribution in [3.05, 3.63) is 48.6 Å². The Kier molecular flexibility index (Phi) is 2.72. The largest absolute Gasteiger partial charge is 0.0773 e. The van der Waals surface area contributed by atoms with E-state index in [-0.39, 0.29) is 0 Å². The highest BCUT2D eigenvalue weighted by Crippen LogP contribution is 2.35. The van der Waals surface area contributed by atoms with Crippen LogP contribution < -0.4 is 0 Å². The molecule has 0 spiro atoms. The lowest BCUT2D eigenvalue weighted by atomic mass is 9.75. The molecule has 14 heavy (non-hydrogen) atoms. The Morgan fingerprint density at radius 3 is 1.36 bits per heavy atom. The first-order chi connectivity index (χ1) is 6.79. The predicted octanol–water partition coefficient (Wildman–Crippen LogP) is 3.74. The minimum absolute atomic E-state index is 0.632. The molecule has 2 rings (SSSR count). The van der Waals surface area contributed by atoms with Crippen LogP contribution in [0.3, 0.4) is 0 Å². The molecule has 0 heterocycles. The van der Waals surface area contributed by atoms with Crippen LogP contribution in [-0.2, 0) is 0 Å². The molecule has 0 aromatic rings. The molecule has 0 fully saturated rings. The summed E-state index contributed by atoms with van der Waals surface area (Å²) in [6, 6.07) is 0. The maximum absolute atomic E-state index is 2.32. The third-order valence-corrected chi connectivity index (χ3v) is 3.21. The minimum Gasteiger partial charge on any atom is -0.0773 e. The molecule has 0 saturated carbocycles. The van der Waals surface area contributed by atoms with Crippen LogP contribution in [-0.4, -0.2) is 0 Å². The third kappa shape index (κ3) is 1.75. The van der Waals surface area contributed by atoms with Crippen molar-refractivity contribution in [1.29, 1.82) is 0 Å². The molecule has 2 aliphatic rings. The van der Waals surface area contributed by atoms with Gasteiger partial charge in [-0.15, -0.1) is 0 Å². The zero-order chi connectivity index (χ0) is 9.97. The van der Waals surface area contributed by atoms with Crippen LogP contribution in [0.15, 0.2) is 48.6 Å². The van der Waals surface area contributed by atoms with Gasteiger partial charge in [0.05, 0.1) is 0 Å². The SMILES string of the molecule is CC(C)C(C1C=CC=C1)C1C=CC=C1. The van der Waals surface area contributed by atoms with Crippen molar-refractivity contribution < 1.29 is 0 Å². The van der Waals surface area contributed by atoms with E-state index >= 15 is 0 Å². The number of hydrogen-bond donors (Lipinski definition) is 0. The van der Waals surface area contributed by atoms with E-state index in [1.165, 1.54) is 0 Å². The fourth-order valence-electron chi connectivity index (χ4n) is 2.56. The van der Waals surface area contributed by atoms with E-state index < -0.39 is 0 Å². The van der Waals surface area contributed by atoms with Gasteiger partial charge in [-0.25, -0.2) is 0 Å². The van der Waals surface area contributed by atoms with Crippen LogP contribution in [0.4, 0.5) is 0 Å². The Morgan fingerprint density at radius 2 is 1.07 bits per heavy atom. The van der Waals surface area contributed by atoms with Crippen molar-refractivity contribution in [2.75, 3.05) is 0 Å². The van der Waals surface area contributed by atoms with E-state index in [0.717, 1.165) is 11.8 Å². The van der Waals surface area contributed by atoms with Crippen molar-refractivity contribution in [2.24, 2.45) is 23.7 Å². The lowest BCUT2D eigenvalue weighted by Crippen LogP contribution is -2.22. The monoisotopic (exact) mass is 186 g/mol. The van der Waals surface area contributed by atoms with Crippen LogP contribution >= 0.6 is 0 Å². The van der Waals surface area contributed by atoms with Crippen LogP contribution in [0.2, 0.25) is 0 Å². The number of hydrogen-bond acceptors (Lipinski definition) is 0. The number of allylic oxidation sites excluding steroid dienone is 8. The van der Waals surface area contributed by atoms with Crippen LogP contribution in [0.1, 0.15) is 13.8 Å². The normalized spacial score (nSPS) is 21.1. The molecule has 74 valence electrons. The van der Waals surface area contributed by atoms with Gasteiger partial charge in [-0.05, 0) is 23.7 Å². The maximum Gasteiger partial charge on any atom is -0.000790 e. The molecule has 0 saturated heterocycles. The smallest absolute Gasteiger partial charge is 0.000790 e. The van der Waals surface area contributed by atoms with Crippen LogP contribution in [0, 0.1) is 23.7 Å². The van der Waals surface area contributed by atoms with Crippen molar-refractivity contribution in [3.63, 3.8) is 0 Å². The first-order valence-electron chi connectivity index (χ1n) is 5.49. The molecule has 0 bridgehead atoms. The Labute approximate surface area is 86.7 Å². The van der Waals surface area contributed by atoms with Gasteiger partial charge < -0.3 is 0 Å². The maximum atomic E-state index is 2.32. The molecule has 0 amide bonds. The highest BCUT2D eigenvalue weighted by molar-refractivity contribution is 5.24. The Bertz CT molecular complexity index is 250. The molecular weight excluding hydrogens is 168 g/mol. The second kappa shape index (κ2) is 4.00. The fraction of sp³-hybridized carbons (Fsp3) is 0.429. The average molecular weight is 186 g/mol. The predicted molar refractivity (Wildman–Crippen MR) is 61.9 cm³/mol. The molecule has 2 aliphatic carbocycles. The van der Waals surface area contributed by atoms with Gasteiger partial charge in [-0.2, -0.15) is 0 Å². The Morgan fingerprint density at radius 1 is 0.714 bits per heavy atom. The quantitative estimate of drug-likeness (QED) is 0.630. The van der Waals surface area contributed by atoms with Gasteiger partial charge >= 0.3 is 0 Å². The topological polar surface area (TPSA) is 0 Å². The first-order valence-corrected chi connectivity index (χ1v) is 5.49. The summed E-state index contributed by atoms with van der Waals surface area (Å²) in [5.74, 6) is 2.71. The molecule has 0 aromatic heterocycles. The summed E-state index contributed by atoms with van der Waals surface area (Å²) in [5.41, 5.74) is 0. The van der Waals surface area contributed by atoms with E-state index in [4.69, 9.17) is 0 Å². The van der Waals surface area contributed by atoms with Gasteiger partial charge in [0.15, 0.2) is 0 Å². The molecule has 0 aromatic carbocycles. The van der Waals surface area contributed by atoms with Gasteiger partial charge in [-0.3, -0.25) is 0 Å². The van der Waals surface area contributed by atoms with Gasteiger partial charge in [0, 0.05) is 0 Å². The van der Waals surface area contributed by atoms with Gasteiger partial charge in [0.25, 0.3) is 0 Å². The second-order valence-corrected chi connectivity index (χ2v) is 4.52. The summed E-state index contributed by atoms with van der Waals surface area (Å²) >= 11 is 0. The summed E-state index contributed by atoms with van der Waals surface area (Å²) in [7, 11) is 0. The van der Waals surface area contributed by atoms with E-state index in [0.29, 0.717) is 11.8 Å². The lowest BCUT2D eigenvalue weighted by molar-refractivity contribution is 0.292. The van der Waals surface area contributed by atoms with Crippen LogP contribution in [0.25, 0.3) is 0 Å². The molecule has 0 heteroatoms.